The topological polar surface area (TPSA) is 106 Å². The molecule has 1 N–H and O–H groups in total. The van der Waals surface area contributed by atoms with Crippen LogP contribution in [0.3, 0.4) is 0 Å². The van der Waals surface area contributed by atoms with E-state index >= 15 is 0 Å². The predicted octanol–water partition coefficient (Wildman–Crippen LogP) is 2.66. The fraction of sp³-hybridized carbons (Fsp3) is 0.350. The number of nitrogens with one attached hydrogen (secondary N) is 1. The molecule has 1 aromatic carbocycles. The van der Waals surface area contributed by atoms with E-state index in [4.69, 9.17) is 23.2 Å². The Hall–Kier alpha value is -2.38. The van der Waals surface area contributed by atoms with Crippen molar-refractivity contribution >= 4 is 45.0 Å². The van der Waals surface area contributed by atoms with E-state index in [9.17, 15) is 18.5 Å². The maximum Gasteiger partial charge on any atom is 0.255 e. The van der Waals surface area contributed by atoms with Gasteiger partial charge in [0.15, 0.2) is 0 Å². The molecule has 2 heterocycles. The van der Waals surface area contributed by atoms with Crippen molar-refractivity contribution in [1.82, 2.24) is 14.6 Å². The molecule has 4 rings (SSSR count). The van der Waals surface area contributed by atoms with Gasteiger partial charge in [0.05, 0.1) is 21.2 Å². The lowest BCUT2D eigenvalue weighted by molar-refractivity contribution is 0.0746. The Morgan fingerprint density at radius 1 is 1.16 bits per heavy atom. The highest BCUT2D eigenvalue weighted by molar-refractivity contribution is 7.89. The van der Waals surface area contributed by atoms with Crippen molar-refractivity contribution in [2.24, 2.45) is 0 Å². The molecule has 1 saturated heterocycles. The van der Waals surface area contributed by atoms with Crippen LogP contribution in [0.15, 0.2) is 35.4 Å². The Bertz CT molecular complexity index is 1170. The number of carbonyl (C=O) groups is 1. The second-order valence-electron chi connectivity index (χ2n) is 7.42. The number of hydrogen-bond donors (Lipinski definition) is 1. The number of aromatic nitrogens is 1. The molecule has 0 spiro atoms. The SMILES string of the molecule is N#Cc1cccnc1N1CCN(C(=O)c2cc(S(=O)(=O)NC3CC3)c(Cl)cc2Cl)CC1. The number of anilines is 1. The molecule has 8 nitrogen and oxygen atoms in total. The van der Waals surface area contributed by atoms with Crippen LogP contribution in [-0.4, -0.2) is 56.4 Å². The highest BCUT2D eigenvalue weighted by Gasteiger charge is 2.31. The Kier molecular flexibility index (Phi) is 6.08. The van der Waals surface area contributed by atoms with Crippen molar-refractivity contribution in [1.29, 1.82) is 5.26 Å². The summed E-state index contributed by atoms with van der Waals surface area (Å²) in [5.41, 5.74) is 0.562. The van der Waals surface area contributed by atoms with Crippen LogP contribution in [-0.2, 0) is 10.0 Å². The van der Waals surface area contributed by atoms with E-state index < -0.39 is 10.0 Å². The number of benzene rings is 1. The number of nitriles is 1. The smallest absolute Gasteiger partial charge is 0.255 e. The van der Waals surface area contributed by atoms with Crippen LogP contribution in [0.4, 0.5) is 5.82 Å². The van der Waals surface area contributed by atoms with Crippen molar-refractivity contribution in [3.05, 3.63) is 51.6 Å². The maximum atomic E-state index is 13.1. The number of sulfonamides is 1. The van der Waals surface area contributed by atoms with Crippen LogP contribution in [0.5, 0.6) is 0 Å². The summed E-state index contributed by atoms with van der Waals surface area (Å²) in [5.74, 6) is 0.215. The zero-order valence-corrected chi connectivity index (χ0v) is 18.7. The minimum Gasteiger partial charge on any atom is -0.352 e. The zero-order valence-electron chi connectivity index (χ0n) is 16.4. The molecule has 0 unspecified atom stereocenters. The molecule has 0 bridgehead atoms. The molecule has 1 aromatic heterocycles. The molecule has 31 heavy (non-hydrogen) atoms. The molecule has 162 valence electrons. The summed E-state index contributed by atoms with van der Waals surface area (Å²) in [6.07, 6.45) is 3.19. The number of pyridine rings is 1. The van der Waals surface area contributed by atoms with Gasteiger partial charge in [0, 0.05) is 38.4 Å². The highest BCUT2D eigenvalue weighted by atomic mass is 35.5. The first-order chi connectivity index (χ1) is 14.8. The van der Waals surface area contributed by atoms with Gasteiger partial charge in [-0.2, -0.15) is 5.26 Å². The number of rotatable bonds is 5. The van der Waals surface area contributed by atoms with Crippen molar-refractivity contribution in [3.8, 4) is 6.07 Å². The van der Waals surface area contributed by atoms with Gasteiger partial charge in [-0.1, -0.05) is 23.2 Å². The molecule has 1 saturated carbocycles. The number of carbonyl (C=O) groups excluding carboxylic acids is 1. The lowest BCUT2D eigenvalue weighted by Crippen LogP contribution is -2.49. The summed E-state index contributed by atoms with van der Waals surface area (Å²) in [4.78, 5) is 20.8. The normalized spacial score (nSPS) is 16.8. The summed E-state index contributed by atoms with van der Waals surface area (Å²) in [7, 11) is -3.84. The molecule has 1 amide bonds. The first-order valence-corrected chi connectivity index (χ1v) is 11.9. The molecule has 1 aliphatic heterocycles. The van der Waals surface area contributed by atoms with Crippen LogP contribution >= 0.6 is 23.2 Å². The lowest BCUT2D eigenvalue weighted by atomic mass is 10.1. The summed E-state index contributed by atoms with van der Waals surface area (Å²) in [6, 6.07) is 7.98. The second-order valence-corrected chi connectivity index (χ2v) is 9.92. The third kappa shape index (κ3) is 4.62. The van der Waals surface area contributed by atoms with Crippen LogP contribution in [0, 0.1) is 11.3 Å². The molecule has 2 fully saturated rings. The fourth-order valence-corrected chi connectivity index (χ4v) is 5.57. The average Bonchev–Trinajstić information content (AvgIpc) is 3.56. The Morgan fingerprint density at radius 3 is 2.52 bits per heavy atom. The van der Waals surface area contributed by atoms with Crippen molar-refractivity contribution in [2.75, 3.05) is 31.1 Å². The van der Waals surface area contributed by atoms with E-state index in [0.717, 1.165) is 12.8 Å². The van der Waals surface area contributed by atoms with Gasteiger partial charge in [0.1, 0.15) is 16.8 Å². The van der Waals surface area contributed by atoms with Crippen molar-refractivity contribution in [2.45, 2.75) is 23.8 Å². The Morgan fingerprint density at radius 2 is 1.87 bits per heavy atom. The minimum atomic E-state index is -3.84. The molecular formula is C20H19Cl2N5O3S. The van der Waals surface area contributed by atoms with Crippen LogP contribution in [0.2, 0.25) is 10.0 Å². The number of hydrogen-bond acceptors (Lipinski definition) is 6. The summed E-state index contributed by atoms with van der Waals surface area (Å²) >= 11 is 12.4. The van der Waals surface area contributed by atoms with E-state index in [2.05, 4.69) is 15.8 Å². The van der Waals surface area contributed by atoms with Gasteiger partial charge in [-0.05, 0) is 37.1 Å². The molecule has 11 heteroatoms. The molecule has 2 aliphatic rings. The number of halogens is 2. The van der Waals surface area contributed by atoms with E-state index in [1.165, 1.54) is 12.1 Å². The largest absolute Gasteiger partial charge is 0.352 e. The third-order valence-corrected chi connectivity index (χ3v) is 7.51. The summed E-state index contributed by atoms with van der Waals surface area (Å²) < 4.78 is 27.8. The Balaban J connectivity index is 1.52. The highest BCUT2D eigenvalue weighted by Crippen LogP contribution is 2.31. The van der Waals surface area contributed by atoms with E-state index in [1.807, 2.05) is 4.90 Å². The van der Waals surface area contributed by atoms with Crippen molar-refractivity contribution < 1.29 is 13.2 Å². The van der Waals surface area contributed by atoms with Crippen LogP contribution < -0.4 is 9.62 Å². The predicted molar refractivity (Wildman–Crippen MR) is 117 cm³/mol. The number of piperazine rings is 1. The maximum absolute atomic E-state index is 13.1. The molecular weight excluding hydrogens is 461 g/mol. The van der Waals surface area contributed by atoms with Crippen LogP contribution in [0.25, 0.3) is 0 Å². The third-order valence-electron chi connectivity index (χ3n) is 5.21. The summed E-state index contributed by atoms with van der Waals surface area (Å²) in [6.45, 7) is 1.72. The van der Waals surface area contributed by atoms with Gasteiger partial charge < -0.3 is 9.80 Å². The standard InChI is InChI=1S/C20H19Cl2N5O3S/c21-16-11-17(22)18(31(29,30)25-14-3-4-14)10-15(16)20(28)27-8-6-26(7-9-27)19-13(12-23)2-1-5-24-19/h1-2,5,10-11,14,25H,3-4,6-9H2. The van der Waals surface area contributed by atoms with Gasteiger partial charge in [0.2, 0.25) is 10.0 Å². The Labute approximate surface area is 190 Å². The zero-order chi connectivity index (χ0) is 22.2. The quantitative estimate of drug-likeness (QED) is 0.706. The first kappa shape index (κ1) is 21.8. The van der Waals surface area contributed by atoms with Gasteiger partial charge in [-0.15, -0.1) is 0 Å². The number of amides is 1. The number of nitrogens with zero attached hydrogens (tertiary/aromatic N) is 4. The van der Waals surface area contributed by atoms with Gasteiger partial charge in [-0.25, -0.2) is 18.1 Å². The molecule has 0 atom stereocenters. The monoisotopic (exact) mass is 479 g/mol. The molecule has 0 radical (unpaired) electrons. The van der Waals surface area contributed by atoms with E-state index in [0.29, 0.717) is 37.6 Å². The lowest BCUT2D eigenvalue weighted by Gasteiger charge is -2.35. The van der Waals surface area contributed by atoms with Gasteiger partial charge in [0.25, 0.3) is 5.91 Å². The van der Waals surface area contributed by atoms with E-state index in [-0.39, 0.29) is 32.5 Å². The van der Waals surface area contributed by atoms with E-state index in [1.54, 1.807) is 23.2 Å². The summed E-state index contributed by atoms with van der Waals surface area (Å²) in [5, 5.41) is 9.35. The fourth-order valence-electron chi connectivity index (χ4n) is 3.41. The van der Waals surface area contributed by atoms with Gasteiger partial charge in [-0.3, -0.25) is 4.79 Å². The second kappa shape index (κ2) is 8.63. The minimum absolute atomic E-state index is 0.0290. The first-order valence-electron chi connectivity index (χ1n) is 9.71. The van der Waals surface area contributed by atoms with Crippen molar-refractivity contribution in [3.63, 3.8) is 0 Å². The molecule has 1 aliphatic carbocycles. The average molecular weight is 480 g/mol. The molecule has 2 aromatic rings. The van der Waals surface area contributed by atoms with Crippen LogP contribution in [0.1, 0.15) is 28.8 Å². The van der Waals surface area contributed by atoms with Gasteiger partial charge >= 0.3 is 0 Å².